The third-order valence-corrected chi connectivity index (χ3v) is 5.26. The summed E-state index contributed by atoms with van der Waals surface area (Å²) in [4.78, 5) is 20.4. The number of thiazole rings is 2. The van der Waals surface area contributed by atoms with E-state index in [0.29, 0.717) is 21.3 Å². The van der Waals surface area contributed by atoms with Crippen LogP contribution in [0.5, 0.6) is 0 Å². The van der Waals surface area contributed by atoms with E-state index in [-0.39, 0.29) is 11.8 Å². The third-order valence-electron chi connectivity index (χ3n) is 3.37. The number of carbonyl (C=O) groups is 1. The van der Waals surface area contributed by atoms with Gasteiger partial charge >= 0.3 is 5.97 Å². The summed E-state index contributed by atoms with van der Waals surface area (Å²) in [7, 11) is 1.35. The highest BCUT2D eigenvalue weighted by molar-refractivity contribution is 7.24. The minimum atomic E-state index is -0.381. The second-order valence-electron chi connectivity index (χ2n) is 4.95. The molecule has 2 heterocycles. The molecule has 0 atom stereocenters. The van der Waals surface area contributed by atoms with Gasteiger partial charge in [-0.1, -0.05) is 22.7 Å². The summed E-state index contributed by atoms with van der Waals surface area (Å²) >= 11 is 2.84. The molecule has 2 aromatic heterocycles. The van der Waals surface area contributed by atoms with E-state index in [0.717, 1.165) is 14.9 Å². The summed E-state index contributed by atoms with van der Waals surface area (Å²) in [6, 6.07) is 9.72. The van der Waals surface area contributed by atoms with E-state index in [9.17, 15) is 9.18 Å². The highest BCUT2D eigenvalue weighted by Gasteiger charge is 2.11. The number of benzene rings is 2. The molecule has 4 rings (SSSR count). The molecule has 0 aliphatic rings. The van der Waals surface area contributed by atoms with Crippen LogP contribution >= 0.6 is 22.7 Å². The number of halogens is 1. The fourth-order valence-electron chi connectivity index (χ4n) is 2.27. The normalized spacial score (nSPS) is 11.1. The van der Waals surface area contributed by atoms with Crippen molar-refractivity contribution in [3.8, 4) is 0 Å². The number of aromatic nitrogens is 2. The Balaban J connectivity index is 1.66. The van der Waals surface area contributed by atoms with Crippen molar-refractivity contribution in [1.82, 2.24) is 9.97 Å². The van der Waals surface area contributed by atoms with Gasteiger partial charge in [0, 0.05) is 6.07 Å². The number of ether oxygens (including phenoxy) is 1. The first-order valence-corrected chi connectivity index (χ1v) is 8.58. The number of nitrogens with one attached hydrogen (secondary N) is 1. The Bertz CT molecular complexity index is 1070. The van der Waals surface area contributed by atoms with E-state index in [1.165, 1.54) is 41.9 Å². The lowest BCUT2D eigenvalue weighted by Gasteiger charge is -1.97. The van der Waals surface area contributed by atoms with E-state index in [1.807, 2.05) is 0 Å². The fourth-order valence-corrected chi connectivity index (χ4v) is 4.08. The Hall–Kier alpha value is -2.58. The van der Waals surface area contributed by atoms with Gasteiger partial charge in [0.05, 0.1) is 33.1 Å². The quantitative estimate of drug-likeness (QED) is 0.543. The number of esters is 1. The van der Waals surface area contributed by atoms with E-state index < -0.39 is 0 Å². The first kappa shape index (κ1) is 15.0. The van der Waals surface area contributed by atoms with Gasteiger partial charge in [-0.2, -0.15) is 0 Å². The molecule has 0 saturated heterocycles. The lowest BCUT2D eigenvalue weighted by Crippen LogP contribution is -1.99. The summed E-state index contributed by atoms with van der Waals surface area (Å²) in [6.07, 6.45) is 0. The molecule has 120 valence electrons. The number of rotatable bonds is 3. The van der Waals surface area contributed by atoms with Crippen LogP contribution in [0.3, 0.4) is 0 Å². The van der Waals surface area contributed by atoms with Crippen LogP contribution in [0.1, 0.15) is 10.4 Å². The molecule has 5 nitrogen and oxygen atoms in total. The average Bonchev–Trinajstić information content (AvgIpc) is 3.15. The molecule has 0 unspecified atom stereocenters. The first-order chi connectivity index (χ1) is 11.6. The van der Waals surface area contributed by atoms with Crippen molar-refractivity contribution in [2.75, 3.05) is 12.4 Å². The number of anilines is 2. The molecule has 24 heavy (non-hydrogen) atoms. The molecule has 1 N–H and O–H groups in total. The van der Waals surface area contributed by atoms with Gasteiger partial charge < -0.3 is 10.1 Å². The van der Waals surface area contributed by atoms with Gasteiger partial charge in [-0.15, -0.1) is 0 Å². The summed E-state index contributed by atoms with van der Waals surface area (Å²) in [5, 5.41) is 4.44. The number of fused-ring (bicyclic) bond motifs is 2. The van der Waals surface area contributed by atoms with Gasteiger partial charge in [0.15, 0.2) is 10.3 Å². The Morgan fingerprint density at radius 1 is 1.04 bits per heavy atom. The second kappa shape index (κ2) is 5.81. The predicted molar refractivity (Wildman–Crippen MR) is 93.8 cm³/mol. The number of hydrogen-bond acceptors (Lipinski definition) is 7. The smallest absolute Gasteiger partial charge is 0.337 e. The van der Waals surface area contributed by atoms with Crippen LogP contribution in [0.25, 0.3) is 20.4 Å². The van der Waals surface area contributed by atoms with E-state index >= 15 is 0 Å². The van der Waals surface area contributed by atoms with Gasteiger partial charge in [0.1, 0.15) is 5.82 Å². The Morgan fingerprint density at radius 3 is 2.58 bits per heavy atom. The van der Waals surface area contributed by atoms with Crippen molar-refractivity contribution in [2.45, 2.75) is 0 Å². The number of methoxy groups -OCH3 is 1. The van der Waals surface area contributed by atoms with Crippen LogP contribution in [-0.2, 0) is 4.74 Å². The van der Waals surface area contributed by atoms with Crippen molar-refractivity contribution in [2.24, 2.45) is 0 Å². The highest BCUT2D eigenvalue weighted by atomic mass is 32.1. The summed E-state index contributed by atoms with van der Waals surface area (Å²) < 4.78 is 19.7. The molecule has 8 heteroatoms. The van der Waals surface area contributed by atoms with Crippen molar-refractivity contribution < 1.29 is 13.9 Å². The second-order valence-corrected chi connectivity index (χ2v) is 7.01. The molecule has 0 fully saturated rings. The van der Waals surface area contributed by atoms with Crippen LogP contribution < -0.4 is 5.32 Å². The molecule has 0 aliphatic carbocycles. The lowest BCUT2D eigenvalue weighted by atomic mass is 10.2. The Kier molecular flexibility index (Phi) is 3.62. The molecule has 2 aromatic carbocycles. The average molecular weight is 359 g/mol. The topological polar surface area (TPSA) is 64.1 Å². The van der Waals surface area contributed by atoms with Crippen molar-refractivity contribution in [3.63, 3.8) is 0 Å². The zero-order valence-electron chi connectivity index (χ0n) is 12.4. The van der Waals surface area contributed by atoms with Crippen LogP contribution in [0.4, 0.5) is 14.7 Å². The fraction of sp³-hybridized carbons (Fsp3) is 0.0625. The number of hydrogen-bond donors (Lipinski definition) is 1. The molecule has 0 bridgehead atoms. The lowest BCUT2D eigenvalue weighted by molar-refractivity contribution is 0.0601. The minimum absolute atomic E-state index is 0.310. The van der Waals surface area contributed by atoms with E-state index in [1.54, 1.807) is 24.3 Å². The summed E-state index contributed by atoms with van der Waals surface area (Å²) in [6.45, 7) is 0. The van der Waals surface area contributed by atoms with Crippen LogP contribution in [-0.4, -0.2) is 23.0 Å². The minimum Gasteiger partial charge on any atom is -0.465 e. The SMILES string of the molecule is COC(=O)c1ccc2nc(Nc3nc4cc(F)ccc4s3)sc2c1. The number of carbonyl (C=O) groups excluding carboxylic acids is 1. The molecular weight excluding hydrogens is 349 g/mol. The zero-order valence-corrected chi connectivity index (χ0v) is 14.0. The van der Waals surface area contributed by atoms with Crippen LogP contribution in [0.15, 0.2) is 36.4 Å². The van der Waals surface area contributed by atoms with E-state index in [2.05, 4.69) is 15.3 Å². The molecule has 0 spiro atoms. The molecule has 0 aliphatic heterocycles. The molecule has 0 radical (unpaired) electrons. The van der Waals surface area contributed by atoms with E-state index in [4.69, 9.17) is 4.74 Å². The van der Waals surface area contributed by atoms with Crippen LogP contribution in [0.2, 0.25) is 0 Å². The maximum Gasteiger partial charge on any atom is 0.337 e. The third kappa shape index (κ3) is 2.70. The molecular formula is C16H10FN3O2S2. The van der Waals surface area contributed by atoms with Gasteiger partial charge in [-0.3, -0.25) is 0 Å². The molecule has 0 saturated carbocycles. The summed E-state index contributed by atoms with van der Waals surface area (Å²) in [5.74, 6) is -0.692. The highest BCUT2D eigenvalue weighted by Crippen LogP contribution is 2.32. The summed E-state index contributed by atoms with van der Waals surface area (Å²) in [5.41, 5.74) is 1.87. The predicted octanol–water partition coefficient (Wildman–Crippen LogP) is 4.58. The van der Waals surface area contributed by atoms with Gasteiger partial charge in [0.25, 0.3) is 0 Å². The van der Waals surface area contributed by atoms with Gasteiger partial charge in [-0.25, -0.2) is 19.2 Å². The zero-order chi connectivity index (χ0) is 16.7. The van der Waals surface area contributed by atoms with Crippen molar-refractivity contribution >= 4 is 59.3 Å². The Labute approximate surface area is 143 Å². The number of nitrogens with zero attached hydrogens (tertiary/aromatic N) is 2. The molecule has 4 aromatic rings. The standard InChI is InChI=1S/C16H10FN3O2S2/c1-22-14(21)8-2-4-10-13(6-8)24-15(18-10)20-16-19-11-7-9(17)3-5-12(11)23-16/h2-7H,1H3,(H,18,19,20). The maximum absolute atomic E-state index is 13.2. The Morgan fingerprint density at radius 2 is 1.79 bits per heavy atom. The largest absolute Gasteiger partial charge is 0.465 e. The molecule has 0 amide bonds. The first-order valence-electron chi connectivity index (χ1n) is 6.94. The maximum atomic E-state index is 13.2. The van der Waals surface area contributed by atoms with Gasteiger partial charge in [0.2, 0.25) is 0 Å². The van der Waals surface area contributed by atoms with Crippen molar-refractivity contribution in [1.29, 1.82) is 0 Å². The van der Waals surface area contributed by atoms with Crippen LogP contribution in [0, 0.1) is 5.82 Å². The van der Waals surface area contributed by atoms with Gasteiger partial charge in [-0.05, 0) is 30.3 Å². The van der Waals surface area contributed by atoms with Crippen molar-refractivity contribution in [3.05, 3.63) is 47.8 Å². The monoisotopic (exact) mass is 359 g/mol.